The molecule has 33 heavy (non-hydrogen) atoms. The van der Waals surface area contributed by atoms with Gasteiger partial charge in [0.1, 0.15) is 21.7 Å². The molecule has 0 unspecified atom stereocenters. The second-order valence-corrected chi connectivity index (χ2v) is 12.4. The van der Waals surface area contributed by atoms with Gasteiger partial charge in [0, 0.05) is 6.54 Å². The molecule has 0 spiro atoms. The smallest absolute Gasteiger partial charge is 0.410 e. The number of hydrogen-bond acceptors (Lipinski definition) is 4. The molecule has 1 amide bonds. The zero-order chi connectivity index (χ0) is 24.2. The lowest BCUT2D eigenvalue weighted by atomic mass is 9.92. The summed E-state index contributed by atoms with van der Waals surface area (Å²) in [5.74, 6) is 0. The molecule has 5 nitrogen and oxygen atoms in total. The third-order valence-electron chi connectivity index (χ3n) is 5.41. The summed E-state index contributed by atoms with van der Waals surface area (Å²) in [6.45, 7) is 12.0. The number of piperidine rings is 1. The fourth-order valence-electron chi connectivity index (χ4n) is 3.78. The monoisotopic (exact) mass is 468 g/mol. The van der Waals surface area contributed by atoms with E-state index >= 15 is 0 Å². The van der Waals surface area contributed by atoms with E-state index in [2.05, 4.69) is 34.7 Å². The number of ether oxygens (including phenoxy) is 1. The number of benzene rings is 2. The highest BCUT2D eigenvalue weighted by molar-refractivity contribution is 7.91. The van der Waals surface area contributed by atoms with Crippen LogP contribution in [0.25, 0.3) is 11.1 Å². The average molecular weight is 469 g/mol. The molecule has 0 saturated carbocycles. The van der Waals surface area contributed by atoms with E-state index in [1.165, 1.54) is 0 Å². The average Bonchev–Trinajstić information content (AvgIpc) is 2.74. The van der Waals surface area contributed by atoms with Gasteiger partial charge in [-0.05, 0) is 77.5 Å². The highest BCUT2D eigenvalue weighted by Gasteiger charge is 2.37. The molecule has 1 heterocycles. The summed E-state index contributed by atoms with van der Waals surface area (Å²) >= 11 is -1.39. The summed E-state index contributed by atoms with van der Waals surface area (Å²) in [6, 6.07) is 18.3. The normalized spacial score (nSPS) is 19.4. The Morgan fingerprint density at radius 1 is 1.06 bits per heavy atom. The van der Waals surface area contributed by atoms with Crippen molar-refractivity contribution >= 4 is 23.2 Å². The second kappa shape index (κ2) is 10.3. The van der Waals surface area contributed by atoms with Gasteiger partial charge in [-0.15, -0.1) is 0 Å². The minimum Gasteiger partial charge on any atom is -0.591 e. The number of amides is 1. The maximum Gasteiger partial charge on any atom is 0.410 e. The maximum atomic E-state index is 13.1. The standard InChI is InChI=1S/C27H36N2O3S/c1-26(2,3)32-25(30)29-17-11-16-23(28-33(31)27(4,5)6)24(29)19-20-12-10-15-22(18-20)21-13-8-7-9-14-21/h7-10,12-15,18,24H,11,16-17,19H2,1-6H3/t24-,33-/m1/s1. The molecule has 2 aromatic rings. The van der Waals surface area contributed by atoms with E-state index in [0.29, 0.717) is 13.0 Å². The summed E-state index contributed by atoms with van der Waals surface area (Å²) in [5.41, 5.74) is 3.61. The van der Waals surface area contributed by atoms with E-state index in [-0.39, 0.29) is 12.1 Å². The van der Waals surface area contributed by atoms with Gasteiger partial charge in [0.15, 0.2) is 0 Å². The number of carbonyl (C=O) groups is 1. The van der Waals surface area contributed by atoms with Crippen LogP contribution in [-0.4, -0.2) is 44.2 Å². The van der Waals surface area contributed by atoms with Crippen molar-refractivity contribution in [3.63, 3.8) is 0 Å². The Morgan fingerprint density at radius 2 is 1.73 bits per heavy atom. The predicted molar refractivity (Wildman–Crippen MR) is 137 cm³/mol. The SMILES string of the molecule is CC(C)(C)OC(=O)N1CCCC(=N[S@+]([O-])C(C)(C)C)[C@H]1Cc1cccc(-c2ccccc2)c1. The maximum absolute atomic E-state index is 13.1. The van der Waals surface area contributed by atoms with Crippen molar-refractivity contribution in [2.75, 3.05) is 6.54 Å². The fraction of sp³-hybridized carbons (Fsp3) is 0.481. The van der Waals surface area contributed by atoms with Crippen molar-refractivity contribution in [3.8, 4) is 11.1 Å². The molecule has 0 N–H and O–H groups in total. The van der Waals surface area contributed by atoms with Gasteiger partial charge in [0.05, 0.1) is 11.8 Å². The minimum absolute atomic E-state index is 0.286. The van der Waals surface area contributed by atoms with Gasteiger partial charge in [0.25, 0.3) is 0 Å². The first-order valence-electron chi connectivity index (χ1n) is 11.6. The molecule has 1 saturated heterocycles. The molecular weight excluding hydrogens is 432 g/mol. The van der Waals surface area contributed by atoms with Gasteiger partial charge in [-0.3, -0.25) is 4.90 Å². The van der Waals surface area contributed by atoms with Gasteiger partial charge in [0.2, 0.25) is 0 Å². The quantitative estimate of drug-likeness (QED) is 0.502. The molecule has 0 aromatic heterocycles. The van der Waals surface area contributed by atoms with Gasteiger partial charge < -0.3 is 9.29 Å². The Bertz CT molecular complexity index is 977. The Morgan fingerprint density at radius 3 is 2.36 bits per heavy atom. The minimum atomic E-state index is -1.39. The molecule has 178 valence electrons. The molecule has 3 rings (SSSR count). The predicted octanol–water partition coefficient (Wildman–Crippen LogP) is 6.20. The van der Waals surface area contributed by atoms with Crippen LogP contribution in [0.15, 0.2) is 59.0 Å². The van der Waals surface area contributed by atoms with Crippen LogP contribution < -0.4 is 0 Å². The summed E-state index contributed by atoms with van der Waals surface area (Å²) in [4.78, 5) is 14.9. The zero-order valence-corrected chi connectivity index (χ0v) is 21.4. The molecule has 1 fully saturated rings. The molecule has 6 heteroatoms. The van der Waals surface area contributed by atoms with E-state index in [1.54, 1.807) is 4.90 Å². The Kier molecular flexibility index (Phi) is 7.91. The lowest BCUT2D eigenvalue weighted by molar-refractivity contribution is 0.0194. The van der Waals surface area contributed by atoms with E-state index in [1.807, 2.05) is 65.8 Å². The van der Waals surface area contributed by atoms with Crippen LogP contribution in [0, 0.1) is 0 Å². The third kappa shape index (κ3) is 7.08. The second-order valence-electron chi connectivity index (χ2n) is 10.5. The van der Waals surface area contributed by atoms with E-state index in [4.69, 9.17) is 4.74 Å². The topological polar surface area (TPSA) is 65.0 Å². The van der Waals surface area contributed by atoms with Gasteiger partial charge in [-0.25, -0.2) is 4.79 Å². The largest absolute Gasteiger partial charge is 0.591 e. The highest BCUT2D eigenvalue weighted by Crippen LogP contribution is 2.27. The van der Waals surface area contributed by atoms with Gasteiger partial charge >= 0.3 is 6.09 Å². The van der Waals surface area contributed by atoms with Crippen molar-refractivity contribution in [3.05, 3.63) is 60.2 Å². The van der Waals surface area contributed by atoms with Crippen molar-refractivity contribution < 1.29 is 14.1 Å². The van der Waals surface area contributed by atoms with E-state index < -0.39 is 21.7 Å². The molecule has 0 radical (unpaired) electrons. The lowest BCUT2D eigenvalue weighted by Gasteiger charge is -2.37. The van der Waals surface area contributed by atoms with Crippen LogP contribution in [0.1, 0.15) is 59.9 Å². The zero-order valence-electron chi connectivity index (χ0n) is 20.6. The third-order valence-corrected chi connectivity index (χ3v) is 6.86. The van der Waals surface area contributed by atoms with Crippen molar-refractivity contribution in [1.29, 1.82) is 0 Å². The molecule has 0 aliphatic carbocycles. The Hall–Kier alpha value is -2.31. The number of rotatable bonds is 4. The number of carbonyl (C=O) groups excluding carboxylic acids is 1. The molecule has 0 bridgehead atoms. The first-order chi connectivity index (χ1) is 15.4. The molecule has 1 aliphatic rings. The van der Waals surface area contributed by atoms with Crippen molar-refractivity contribution in [1.82, 2.24) is 4.90 Å². The molecule has 2 atom stereocenters. The summed E-state index contributed by atoms with van der Waals surface area (Å²) in [5, 5.41) is 0. The van der Waals surface area contributed by atoms with Gasteiger partial charge in [-0.1, -0.05) is 59.0 Å². The Balaban J connectivity index is 1.95. The summed E-state index contributed by atoms with van der Waals surface area (Å²) < 4.78 is 22.8. The van der Waals surface area contributed by atoms with Crippen LogP contribution in [0.4, 0.5) is 4.79 Å². The highest BCUT2D eigenvalue weighted by atomic mass is 32.2. The van der Waals surface area contributed by atoms with E-state index in [0.717, 1.165) is 35.2 Å². The number of likely N-dealkylation sites (tertiary alicyclic amines) is 1. The van der Waals surface area contributed by atoms with Crippen molar-refractivity contribution in [2.24, 2.45) is 4.40 Å². The van der Waals surface area contributed by atoms with Crippen LogP contribution in [0.5, 0.6) is 0 Å². The lowest BCUT2D eigenvalue weighted by Crippen LogP contribution is -2.52. The van der Waals surface area contributed by atoms with Crippen LogP contribution >= 0.6 is 0 Å². The number of nitrogens with zero attached hydrogens (tertiary/aromatic N) is 2. The van der Waals surface area contributed by atoms with Gasteiger partial charge in [-0.2, -0.15) is 0 Å². The first kappa shape index (κ1) is 25.3. The summed E-state index contributed by atoms with van der Waals surface area (Å²) in [6.07, 6.45) is 1.75. The fourth-order valence-corrected chi connectivity index (χ4v) is 4.48. The summed E-state index contributed by atoms with van der Waals surface area (Å²) in [7, 11) is 0. The first-order valence-corrected chi connectivity index (χ1v) is 12.7. The molecule has 2 aromatic carbocycles. The van der Waals surface area contributed by atoms with Crippen LogP contribution in [0.2, 0.25) is 0 Å². The number of hydrogen-bond donors (Lipinski definition) is 0. The molecule has 1 aliphatic heterocycles. The van der Waals surface area contributed by atoms with Crippen molar-refractivity contribution in [2.45, 2.75) is 77.2 Å². The molecular formula is C27H36N2O3S. The van der Waals surface area contributed by atoms with Crippen LogP contribution in [0.3, 0.4) is 0 Å². The Labute approximate surface area is 201 Å². The van der Waals surface area contributed by atoms with E-state index in [9.17, 15) is 9.35 Å². The van der Waals surface area contributed by atoms with Crippen LogP contribution in [-0.2, 0) is 22.5 Å².